The molecule has 0 aliphatic rings. The molecule has 0 N–H and O–H groups in total. The monoisotopic (exact) mass is 302 g/mol. The van der Waals surface area contributed by atoms with Gasteiger partial charge in [-0.2, -0.15) is 0 Å². The number of rotatable bonds is 2. The zero-order valence-corrected chi connectivity index (χ0v) is 11.4. The zero-order chi connectivity index (χ0) is 12.5. The molecule has 2 heterocycles. The van der Waals surface area contributed by atoms with Crippen molar-refractivity contribution in [3.63, 3.8) is 0 Å². The summed E-state index contributed by atoms with van der Waals surface area (Å²) in [5, 5.41) is 0. The highest BCUT2D eigenvalue weighted by Gasteiger charge is 2.08. The molecule has 0 saturated heterocycles. The molecular formula is C14H11BrN2O. The molecular weight excluding hydrogens is 292 g/mol. The molecule has 0 fully saturated rings. The Morgan fingerprint density at radius 3 is 2.89 bits per heavy atom. The van der Waals surface area contributed by atoms with Crippen molar-refractivity contribution >= 4 is 21.6 Å². The first-order valence-corrected chi connectivity index (χ1v) is 6.35. The topological polar surface area (TPSA) is 26.5 Å². The largest absolute Gasteiger partial charge is 0.493 e. The predicted molar refractivity (Wildman–Crippen MR) is 74.9 cm³/mol. The molecule has 18 heavy (non-hydrogen) atoms. The van der Waals surface area contributed by atoms with Crippen molar-refractivity contribution in [3.05, 3.63) is 53.3 Å². The number of methoxy groups -OCH3 is 1. The molecule has 1 aromatic carbocycles. The summed E-state index contributed by atoms with van der Waals surface area (Å²) < 4.78 is 8.32. The van der Waals surface area contributed by atoms with Gasteiger partial charge in [0, 0.05) is 22.4 Å². The fourth-order valence-electron chi connectivity index (χ4n) is 1.93. The van der Waals surface area contributed by atoms with Gasteiger partial charge >= 0.3 is 0 Å². The summed E-state index contributed by atoms with van der Waals surface area (Å²) in [4.78, 5) is 4.61. The van der Waals surface area contributed by atoms with Gasteiger partial charge in [0.15, 0.2) is 11.4 Å². The summed E-state index contributed by atoms with van der Waals surface area (Å²) >= 11 is 3.47. The quantitative estimate of drug-likeness (QED) is 0.720. The number of aromatic nitrogens is 2. The van der Waals surface area contributed by atoms with Gasteiger partial charge in [-0.15, -0.1) is 0 Å². The molecule has 0 amide bonds. The van der Waals surface area contributed by atoms with Crippen molar-refractivity contribution in [2.75, 3.05) is 7.11 Å². The predicted octanol–water partition coefficient (Wildman–Crippen LogP) is 3.77. The van der Waals surface area contributed by atoms with E-state index in [9.17, 15) is 0 Å². The maximum atomic E-state index is 5.31. The van der Waals surface area contributed by atoms with Gasteiger partial charge in [0.05, 0.1) is 12.8 Å². The minimum Gasteiger partial charge on any atom is -0.493 e. The van der Waals surface area contributed by atoms with Gasteiger partial charge in [-0.3, -0.25) is 0 Å². The minimum atomic E-state index is 0.777. The van der Waals surface area contributed by atoms with Crippen molar-refractivity contribution in [1.82, 2.24) is 9.38 Å². The number of halogens is 1. The molecule has 90 valence electrons. The Morgan fingerprint density at radius 1 is 1.22 bits per heavy atom. The summed E-state index contributed by atoms with van der Waals surface area (Å²) in [6.07, 6.45) is 3.96. The first kappa shape index (κ1) is 11.3. The summed E-state index contributed by atoms with van der Waals surface area (Å²) in [6.45, 7) is 0. The average Bonchev–Trinajstić information content (AvgIpc) is 2.82. The molecule has 0 saturated carbocycles. The Kier molecular flexibility index (Phi) is 2.80. The Balaban J connectivity index is 2.19. The van der Waals surface area contributed by atoms with Gasteiger partial charge in [0.2, 0.25) is 0 Å². The third-order valence-electron chi connectivity index (χ3n) is 2.79. The molecule has 0 aliphatic carbocycles. The highest BCUT2D eigenvalue weighted by molar-refractivity contribution is 9.10. The Morgan fingerprint density at radius 2 is 2.11 bits per heavy atom. The first-order chi connectivity index (χ1) is 8.78. The van der Waals surface area contributed by atoms with Crippen molar-refractivity contribution in [1.29, 1.82) is 0 Å². The van der Waals surface area contributed by atoms with E-state index < -0.39 is 0 Å². The maximum Gasteiger partial charge on any atom is 0.180 e. The van der Waals surface area contributed by atoms with Crippen LogP contribution in [0.1, 0.15) is 0 Å². The van der Waals surface area contributed by atoms with E-state index in [0.29, 0.717) is 0 Å². The zero-order valence-electron chi connectivity index (χ0n) is 9.80. The van der Waals surface area contributed by atoms with Crippen LogP contribution < -0.4 is 4.74 Å². The van der Waals surface area contributed by atoms with Gasteiger partial charge in [-0.05, 0) is 24.3 Å². The molecule has 0 atom stereocenters. The van der Waals surface area contributed by atoms with Gasteiger partial charge in [-0.1, -0.05) is 28.1 Å². The molecule has 3 rings (SSSR count). The minimum absolute atomic E-state index is 0.777. The van der Waals surface area contributed by atoms with Crippen molar-refractivity contribution < 1.29 is 4.74 Å². The number of fused-ring (bicyclic) bond motifs is 1. The Bertz CT molecular complexity index is 706. The maximum absolute atomic E-state index is 5.31. The second-order valence-electron chi connectivity index (χ2n) is 3.94. The summed E-state index contributed by atoms with van der Waals surface area (Å²) in [7, 11) is 1.66. The van der Waals surface area contributed by atoms with E-state index in [1.54, 1.807) is 7.11 Å². The number of imidazole rings is 1. The third kappa shape index (κ3) is 1.88. The fourth-order valence-corrected chi connectivity index (χ4v) is 2.33. The molecule has 0 spiro atoms. The fraction of sp³-hybridized carbons (Fsp3) is 0.0714. The second kappa shape index (κ2) is 4.46. The summed E-state index contributed by atoms with van der Waals surface area (Å²) in [6, 6.07) is 11.9. The molecule has 0 bridgehead atoms. The van der Waals surface area contributed by atoms with E-state index in [1.165, 1.54) is 0 Å². The summed E-state index contributed by atoms with van der Waals surface area (Å²) in [5.41, 5.74) is 2.84. The lowest BCUT2D eigenvalue weighted by molar-refractivity contribution is 0.417. The van der Waals surface area contributed by atoms with Crippen LogP contribution in [0, 0.1) is 0 Å². The second-order valence-corrected chi connectivity index (χ2v) is 4.86. The van der Waals surface area contributed by atoms with Crippen LogP contribution in [0.25, 0.3) is 16.9 Å². The SMILES string of the molecule is COc1cccn2cc(-c3cccc(Br)c3)nc12. The van der Waals surface area contributed by atoms with Gasteiger partial charge < -0.3 is 9.14 Å². The van der Waals surface area contributed by atoms with E-state index in [1.807, 2.05) is 53.2 Å². The molecule has 0 radical (unpaired) electrons. The number of ether oxygens (including phenoxy) is 1. The van der Waals surface area contributed by atoms with Gasteiger partial charge in [0.25, 0.3) is 0 Å². The van der Waals surface area contributed by atoms with Crippen LogP contribution in [0.4, 0.5) is 0 Å². The van der Waals surface area contributed by atoms with Crippen LogP contribution >= 0.6 is 15.9 Å². The van der Waals surface area contributed by atoms with Crippen LogP contribution in [-0.2, 0) is 0 Å². The number of hydrogen-bond donors (Lipinski definition) is 0. The lowest BCUT2D eigenvalue weighted by Crippen LogP contribution is -1.88. The van der Waals surface area contributed by atoms with Crippen LogP contribution in [0.15, 0.2) is 53.3 Å². The van der Waals surface area contributed by atoms with E-state index in [-0.39, 0.29) is 0 Å². The highest BCUT2D eigenvalue weighted by atomic mass is 79.9. The van der Waals surface area contributed by atoms with Crippen molar-refractivity contribution in [3.8, 4) is 17.0 Å². The highest BCUT2D eigenvalue weighted by Crippen LogP contribution is 2.25. The number of hydrogen-bond acceptors (Lipinski definition) is 2. The van der Waals surface area contributed by atoms with E-state index in [4.69, 9.17) is 4.74 Å². The standard InChI is InChI=1S/C14H11BrN2O/c1-18-13-6-3-7-17-9-12(16-14(13)17)10-4-2-5-11(15)8-10/h2-9H,1H3. The molecule has 0 unspecified atom stereocenters. The van der Waals surface area contributed by atoms with Crippen LogP contribution in [0.2, 0.25) is 0 Å². The number of pyridine rings is 1. The van der Waals surface area contributed by atoms with E-state index in [2.05, 4.69) is 20.9 Å². The number of nitrogens with zero attached hydrogens (tertiary/aromatic N) is 2. The van der Waals surface area contributed by atoms with Crippen LogP contribution in [0.3, 0.4) is 0 Å². The molecule has 4 heteroatoms. The first-order valence-electron chi connectivity index (χ1n) is 5.55. The van der Waals surface area contributed by atoms with Gasteiger partial charge in [-0.25, -0.2) is 4.98 Å². The molecule has 3 nitrogen and oxygen atoms in total. The van der Waals surface area contributed by atoms with Crippen molar-refractivity contribution in [2.45, 2.75) is 0 Å². The smallest absolute Gasteiger partial charge is 0.180 e. The average molecular weight is 303 g/mol. The third-order valence-corrected chi connectivity index (χ3v) is 3.28. The lowest BCUT2D eigenvalue weighted by atomic mass is 10.2. The number of benzene rings is 1. The van der Waals surface area contributed by atoms with E-state index in [0.717, 1.165) is 27.1 Å². The van der Waals surface area contributed by atoms with E-state index >= 15 is 0 Å². The Labute approximate surface area is 113 Å². The molecule has 2 aromatic heterocycles. The lowest BCUT2D eigenvalue weighted by Gasteiger charge is -1.99. The normalized spacial score (nSPS) is 10.8. The molecule has 0 aliphatic heterocycles. The Hall–Kier alpha value is -1.81. The van der Waals surface area contributed by atoms with Crippen molar-refractivity contribution in [2.24, 2.45) is 0 Å². The molecule has 3 aromatic rings. The van der Waals surface area contributed by atoms with Gasteiger partial charge in [0.1, 0.15) is 0 Å². The van der Waals surface area contributed by atoms with Crippen LogP contribution in [0.5, 0.6) is 5.75 Å². The van der Waals surface area contributed by atoms with Crippen LogP contribution in [-0.4, -0.2) is 16.5 Å². The summed E-state index contributed by atoms with van der Waals surface area (Å²) in [5.74, 6) is 0.777.